The van der Waals surface area contributed by atoms with Gasteiger partial charge in [0.1, 0.15) is 12.2 Å². The molecule has 0 radical (unpaired) electrons. The number of rotatable bonds is 6. The van der Waals surface area contributed by atoms with Crippen molar-refractivity contribution < 1.29 is 14.5 Å². The number of nitrogens with zero attached hydrogens (tertiary/aromatic N) is 1. The molecule has 0 aliphatic rings. The summed E-state index contributed by atoms with van der Waals surface area (Å²) in [7, 11) is 0. The number of hydrogen-bond donors (Lipinski definition) is 3. The Kier molecular flexibility index (Phi) is 4.30. The second-order valence-electron chi connectivity index (χ2n) is 4.49. The minimum atomic E-state index is -0.501. The topological polar surface area (TPSA) is 83.0 Å². The van der Waals surface area contributed by atoms with Crippen molar-refractivity contribution in [2.75, 3.05) is 6.61 Å². The Balaban J connectivity index is 2.01. The number of aliphatic hydroxyl groups excluding tert-OH is 1. The molecule has 0 aliphatic heterocycles. The van der Waals surface area contributed by atoms with Gasteiger partial charge in [0.25, 0.3) is 5.91 Å². The van der Waals surface area contributed by atoms with Gasteiger partial charge >= 0.3 is 0 Å². The number of carbonyl (C=O) groups is 1. The van der Waals surface area contributed by atoms with Crippen LogP contribution in [0.25, 0.3) is 0 Å². The monoisotopic (exact) mass is 260 g/mol. The Bertz CT molecular complexity index is 537. The zero-order chi connectivity index (χ0) is 13.7. The van der Waals surface area contributed by atoms with Crippen LogP contribution in [0.2, 0.25) is 0 Å². The Labute approximate surface area is 111 Å². The van der Waals surface area contributed by atoms with Gasteiger partial charge in [-0.1, -0.05) is 30.3 Å². The van der Waals surface area contributed by atoms with Crippen LogP contribution in [0, 0.1) is 0 Å². The van der Waals surface area contributed by atoms with Crippen molar-refractivity contribution in [2.45, 2.75) is 18.9 Å². The predicted octanol–water partition coefficient (Wildman–Crippen LogP) is 0.567. The largest absolute Gasteiger partial charge is 0.392 e. The molecule has 0 fully saturated rings. The van der Waals surface area contributed by atoms with Gasteiger partial charge in [0.2, 0.25) is 12.0 Å². The third kappa shape index (κ3) is 3.42. The molecule has 2 aromatic rings. The van der Waals surface area contributed by atoms with Crippen LogP contribution in [0.15, 0.2) is 42.9 Å². The van der Waals surface area contributed by atoms with E-state index in [4.69, 9.17) is 5.73 Å². The molecular formula is C14H18N3O2+. The lowest BCUT2D eigenvalue weighted by atomic mass is 10.1. The Morgan fingerprint density at radius 1 is 1.37 bits per heavy atom. The highest BCUT2D eigenvalue weighted by molar-refractivity contribution is 5.90. The van der Waals surface area contributed by atoms with Crippen molar-refractivity contribution >= 4 is 5.91 Å². The molecule has 0 saturated heterocycles. The quantitative estimate of drug-likeness (QED) is 0.663. The summed E-state index contributed by atoms with van der Waals surface area (Å²) in [6.07, 6.45) is 4.96. The number of carbonyl (C=O) groups excluding carboxylic acids is 1. The molecule has 19 heavy (non-hydrogen) atoms. The zero-order valence-corrected chi connectivity index (χ0v) is 10.6. The maximum atomic E-state index is 11.0. The summed E-state index contributed by atoms with van der Waals surface area (Å²) in [5.74, 6) is -0.501. The summed E-state index contributed by atoms with van der Waals surface area (Å²) in [5.41, 5.74) is 6.76. The van der Waals surface area contributed by atoms with Gasteiger partial charge in [-0.15, -0.1) is 0 Å². The number of imidazole rings is 1. The number of primary amides is 1. The van der Waals surface area contributed by atoms with E-state index in [0.29, 0.717) is 5.69 Å². The molecular weight excluding hydrogens is 242 g/mol. The van der Waals surface area contributed by atoms with Crippen molar-refractivity contribution in [1.82, 2.24) is 4.98 Å². The van der Waals surface area contributed by atoms with Crippen molar-refractivity contribution in [3.05, 3.63) is 54.1 Å². The van der Waals surface area contributed by atoms with Crippen molar-refractivity contribution in [2.24, 2.45) is 5.73 Å². The minimum Gasteiger partial charge on any atom is -0.392 e. The third-order valence-electron chi connectivity index (χ3n) is 3.15. The van der Waals surface area contributed by atoms with E-state index in [1.165, 1.54) is 5.56 Å². The van der Waals surface area contributed by atoms with E-state index in [-0.39, 0.29) is 12.6 Å². The fourth-order valence-electron chi connectivity index (χ4n) is 2.03. The SMILES string of the molecule is NC(=O)c1c[n+]([C@@H](CO)CCc2ccccc2)c[nH]1. The second-order valence-corrected chi connectivity index (χ2v) is 4.49. The summed E-state index contributed by atoms with van der Waals surface area (Å²) >= 11 is 0. The molecule has 1 aromatic heterocycles. The Morgan fingerprint density at radius 2 is 2.11 bits per heavy atom. The average Bonchev–Trinajstić information content (AvgIpc) is 2.90. The molecule has 0 unspecified atom stereocenters. The molecule has 1 aromatic carbocycles. The first-order chi connectivity index (χ1) is 9.20. The number of aliphatic hydroxyl groups is 1. The van der Waals surface area contributed by atoms with Gasteiger partial charge in [0.15, 0.2) is 0 Å². The van der Waals surface area contributed by atoms with Gasteiger partial charge in [-0.25, -0.2) is 9.55 Å². The first-order valence-electron chi connectivity index (χ1n) is 6.24. The van der Waals surface area contributed by atoms with Crippen LogP contribution in [0.4, 0.5) is 0 Å². The number of aryl methyl sites for hydroxylation is 1. The van der Waals surface area contributed by atoms with E-state index >= 15 is 0 Å². The lowest BCUT2D eigenvalue weighted by Crippen LogP contribution is -2.40. The van der Waals surface area contributed by atoms with E-state index in [0.717, 1.165) is 12.8 Å². The molecule has 5 nitrogen and oxygen atoms in total. The standard InChI is InChI=1S/C14H17N3O2/c15-14(19)13-8-17(10-16-13)12(9-18)7-6-11-4-2-1-3-5-11/h1-5,8,10,12,18H,6-7,9H2,(H2,15,19)/p+1/t12-/m1/s1. The predicted molar refractivity (Wildman–Crippen MR) is 70.4 cm³/mol. The molecule has 100 valence electrons. The number of amides is 1. The highest BCUT2D eigenvalue weighted by atomic mass is 16.3. The first-order valence-corrected chi connectivity index (χ1v) is 6.24. The maximum Gasteiger partial charge on any atom is 0.292 e. The smallest absolute Gasteiger partial charge is 0.292 e. The molecule has 0 bridgehead atoms. The fourth-order valence-corrected chi connectivity index (χ4v) is 2.03. The highest BCUT2D eigenvalue weighted by Gasteiger charge is 2.18. The second kappa shape index (κ2) is 6.15. The van der Waals surface area contributed by atoms with Crippen LogP contribution in [-0.2, 0) is 6.42 Å². The lowest BCUT2D eigenvalue weighted by Gasteiger charge is -2.10. The van der Waals surface area contributed by atoms with Crippen LogP contribution >= 0.6 is 0 Å². The number of H-pyrrole nitrogens is 1. The number of nitrogens with two attached hydrogens (primary N) is 1. The van der Waals surface area contributed by atoms with Crippen LogP contribution in [0.3, 0.4) is 0 Å². The molecule has 0 spiro atoms. The zero-order valence-electron chi connectivity index (χ0n) is 10.6. The third-order valence-corrected chi connectivity index (χ3v) is 3.15. The van der Waals surface area contributed by atoms with Crippen LogP contribution in [0.1, 0.15) is 28.5 Å². The summed E-state index contributed by atoms with van der Waals surface area (Å²) in [5, 5.41) is 9.45. The van der Waals surface area contributed by atoms with Gasteiger partial charge in [-0.3, -0.25) is 4.79 Å². The minimum absolute atomic E-state index is 0.0214. The van der Waals surface area contributed by atoms with Gasteiger partial charge in [-0.05, 0) is 18.4 Å². The van der Waals surface area contributed by atoms with Gasteiger partial charge < -0.3 is 10.8 Å². The van der Waals surface area contributed by atoms with E-state index < -0.39 is 5.91 Å². The van der Waals surface area contributed by atoms with Crippen LogP contribution in [0.5, 0.6) is 0 Å². The highest BCUT2D eigenvalue weighted by Crippen LogP contribution is 2.09. The van der Waals surface area contributed by atoms with Gasteiger partial charge in [0.05, 0.1) is 6.61 Å². The fraction of sp³-hybridized carbons (Fsp3) is 0.286. The number of benzene rings is 1. The average molecular weight is 260 g/mol. The van der Waals surface area contributed by atoms with E-state index in [1.54, 1.807) is 17.1 Å². The van der Waals surface area contributed by atoms with Gasteiger partial charge in [-0.2, -0.15) is 0 Å². The van der Waals surface area contributed by atoms with Crippen LogP contribution in [-0.4, -0.2) is 22.6 Å². The summed E-state index contributed by atoms with van der Waals surface area (Å²) < 4.78 is 1.79. The normalized spacial score (nSPS) is 12.3. The molecule has 0 saturated carbocycles. The van der Waals surface area contributed by atoms with Crippen molar-refractivity contribution in [3.8, 4) is 0 Å². The molecule has 5 heteroatoms. The Morgan fingerprint density at radius 3 is 2.68 bits per heavy atom. The first kappa shape index (κ1) is 13.3. The maximum absolute atomic E-state index is 11.0. The van der Waals surface area contributed by atoms with Gasteiger partial charge in [0, 0.05) is 0 Å². The van der Waals surface area contributed by atoms with E-state index in [2.05, 4.69) is 17.1 Å². The molecule has 0 aliphatic carbocycles. The number of nitrogens with one attached hydrogen (secondary N) is 1. The van der Waals surface area contributed by atoms with Crippen molar-refractivity contribution in [1.29, 1.82) is 0 Å². The number of aromatic nitrogens is 2. The number of aromatic amines is 1. The molecule has 4 N–H and O–H groups in total. The molecule has 1 heterocycles. The van der Waals surface area contributed by atoms with Crippen molar-refractivity contribution in [3.63, 3.8) is 0 Å². The van der Waals surface area contributed by atoms with E-state index in [1.807, 2.05) is 18.2 Å². The molecule has 1 amide bonds. The Hall–Kier alpha value is -2.14. The summed E-state index contributed by atoms with van der Waals surface area (Å²) in [6.45, 7) is 0.0214. The number of hydrogen-bond acceptors (Lipinski definition) is 2. The lowest BCUT2D eigenvalue weighted by molar-refractivity contribution is -0.724. The van der Waals surface area contributed by atoms with Crippen LogP contribution < -0.4 is 10.3 Å². The molecule has 2 rings (SSSR count). The summed E-state index contributed by atoms with van der Waals surface area (Å²) in [6, 6.07) is 10.0. The molecule has 1 atom stereocenters. The summed E-state index contributed by atoms with van der Waals surface area (Å²) in [4.78, 5) is 13.8. The van der Waals surface area contributed by atoms with E-state index in [9.17, 15) is 9.90 Å².